The van der Waals surface area contributed by atoms with E-state index < -0.39 is 0 Å². The normalized spacial score (nSPS) is 18.3. The van der Waals surface area contributed by atoms with Gasteiger partial charge in [-0.3, -0.25) is 0 Å². The number of hydrogen-bond acceptors (Lipinski definition) is 2. The van der Waals surface area contributed by atoms with Gasteiger partial charge in [0, 0.05) is 18.2 Å². The highest BCUT2D eigenvalue weighted by Gasteiger charge is 2.39. The van der Waals surface area contributed by atoms with E-state index in [9.17, 15) is 0 Å². The summed E-state index contributed by atoms with van der Waals surface area (Å²) >= 11 is 6.53. The minimum Gasteiger partial charge on any atom is -0.378 e. The Labute approximate surface area is 134 Å². The Bertz CT molecular complexity index is 477. The van der Waals surface area contributed by atoms with Crippen LogP contribution in [0, 0.1) is 13.8 Å². The first-order chi connectivity index (χ1) is 10.0. The van der Waals surface area contributed by atoms with E-state index in [-0.39, 0.29) is 11.6 Å². The van der Waals surface area contributed by atoms with Crippen molar-refractivity contribution in [2.24, 2.45) is 0 Å². The number of nitrogens with one attached hydrogen (secondary N) is 1. The summed E-state index contributed by atoms with van der Waals surface area (Å²) in [5, 5.41) is 4.54. The molecule has 3 heteroatoms. The number of rotatable bonds is 7. The van der Waals surface area contributed by atoms with Crippen LogP contribution in [-0.2, 0) is 4.74 Å². The number of aryl methyl sites for hydroxylation is 2. The van der Waals surface area contributed by atoms with E-state index >= 15 is 0 Å². The van der Waals surface area contributed by atoms with Gasteiger partial charge in [-0.15, -0.1) is 0 Å². The van der Waals surface area contributed by atoms with Crippen molar-refractivity contribution in [2.75, 3.05) is 13.7 Å². The molecule has 0 radical (unpaired) electrons. The van der Waals surface area contributed by atoms with Gasteiger partial charge in [-0.25, -0.2) is 0 Å². The number of methoxy groups -OCH3 is 1. The SMILES string of the molecule is CCCNC(CC1(OC)CCC1)c1cc(C)c(C)cc1Cl. The average Bonchev–Trinajstić information content (AvgIpc) is 2.42. The largest absolute Gasteiger partial charge is 0.378 e. The molecule has 1 atom stereocenters. The molecule has 1 aliphatic rings. The van der Waals surface area contributed by atoms with Crippen LogP contribution in [0.2, 0.25) is 5.02 Å². The van der Waals surface area contributed by atoms with Gasteiger partial charge in [-0.2, -0.15) is 0 Å². The Morgan fingerprint density at radius 1 is 1.29 bits per heavy atom. The highest BCUT2D eigenvalue weighted by Crippen LogP contribution is 2.43. The second kappa shape index (κ2) is 7.13. The van der Waals surface area contributed by atoms with Gasteiger partial charge in [0.2, 0.25) is 0 Å². The summed E-state index contributed by atoms with van der Waals surface area (Å²) in [6, 6.07) is 4.61. The highest BCUT2D eigenvalue weighted by molar-refractivity contribution is 6.31. The fourth-order valence-corrected chi connectivity index (χ4v) is 3.47. The van der Waals surface area contributed by atoms with Crippen LogP contribution >= 0.6 is 11.6 Å². The van der Waals surface area contributed by atoms with E-state index in [0.717, 1.165) is 37.3 Å². The van der Waals surface area contributed by atoms with Crippen LogP contribution in [0.3, 0.4) is 0 Å². The second-order valence-electron chi connectivity index (χ2n) is 6.41. The monoisotopic (exact) mass is 309 g/mol. The maximum absolute atomic E-state index is 6.53. The van der Waals surface area contributed by atoms with Gasteiger partial charge >= 0.3 is 0 Å². The Morgan fingerprint density at radius 2 is 1.95 bits per heavy atom. The average molecular weight is 310 g/mol. The molecule has 1 saturated carbocycles. The van der Waals surface area contributed by atoms with Gasteiger partial charge in [0.15, 0.2) is 0 Å². The van der Waals surface area contributed by atoms with Crippen molar-refractivity contribution in [1.82, 2.24) is 5.32 Å². The van der Waals surface area contributed by atoms with E-state index in [0.29, 0.717) is 0 Å². The van der Waals surface area contributed by atoms with Gasteiger partial charge in [0.1, 0.15) is 0 Å². The van der Waals surface area contributed by atoms with Crippen LogP contribution in [0.25, 0.3) is 0 Å². The van der Waals surface area contributed by atoms with E-state index in [1.54, 1.807) is 0 Å². The molecule has 0 heterocycles. The number of halogens is 1. The van der Waals surface area contributed by atoms with Crippen molar-refractivity contribution in [2.45, 2.75) is 64.5 Å². The van der Waals surface area contributed by atoms with E-state index in [4.69, 9.17) is 16.3 Å². The summed E-state index contributed by atoms with van der Waals surface area (Å²) in [7, 11) is 1.85. The summed E-state index contributed by atoms with van der Waals surface area (Å²) in [6.07, 6.45) is 5.73. The molecule has 118 valence electrons. The molecule has 0 bridgehead atoms. The van der Waals surface area contributed by atoms with Gasteiger partial charge in [0.05, 0.1) is 5.60 Å². The molecule has 0 aliphatic heterocycles. The third-order valence-electron chi connectivity index (χ3n) is 4.90. The quantitative estimate of drug-likeness (QED) is 0.769. The minimum absolute atomic E-state index is 0.0491. The number of benzene rings is 1. The van der Waals surface area contributed by atoms with Gasteiger partial charge in [-0.05, 0) is 75.3 Å². The summed E-state index contributed by atoms with van der Waals surface area (Å²) in [4.78, 5) is 0. The van der Waals surface area contributed by atoms with Crippen LogP contribution < -0.4 is 5.32 Å². The first-order valence-corrected chi connectivity index (χ1v) is 8.44. The molecule has 1 aromatic carbocycles. The molecule has 1 aromatic rings. The lowest BCUT2D eigenvalue weighted by Gasteiger charge is -2.43. The molecule has 2 rings (SSSR count). The second-order valence-corrected chi connectivity index (χ2v) is 6.82. The molecule has 21 heavy (non-hydrogen) atoms. The fourth-order valence-electron chi connectivity index (χ4n) is 3.12. The summed E-state index contributed by atoms with van der Waals surface area (Å²) < 4.78 is 5.82. The molecule has 0 amide bonds. The first-order valence-electron chi connectivity index (χ1n) is 8.06. The molecule has 0 saturated heterocycles. The molecule has 0 spiro atoms. The summed E-state index contributed by atoms with van der Waals surface area (Å²) in [6.45, 7) is 7.47. The molecule has 0 aromatic heterocycles. The van der Waals surface area contributed by atoms with Crippen molar-refractivity contribution in [3.8, 4) is 0 Å². The lowest BCUT2D eigenvalue weighted by Crippen LogP contribution is -2.43. The Hall–Kier alpha value is -0.570. The highest BCUT2D eigenvalue weighted by atomic mass is 35.5. The van der Waals surface area contributed by atoms with E-state index in [1.165, 1.54) is 23.1 Å². The molecule has 1 aliphatic carbocycles. The van der Waals surface area contributed by atoms with Gasteiger partial charge in [-0.1, -0.05) is 24.6 Å². The zero-order valence-corrected chi connectivity index (χ0v) is 14.5. The molecule has 1 N–H and O–H groups in total. The maximum Gasteiger partial charge on any atom is 0.0697 e. The van der Waals surface area contributed by atoms with Crippen molar-refractivity contribution in [3.05, 3.63) is 33.8 Å². The standard InChI is InChI=1S/C18H28ClNO/c1-5-9-20-17(12-18(21-4)7-6-8-18)15-10-13(2)14(3)11-16(15)19/h10-11,17,20H,5-9,12H2,1-4H3. The number of ether oxygens (including phenoxy) is 1. The first kappa shape index (κ1) is 16.8. The molecule has 2 nitrogen and oxygen atoms in total. The van der Waals surface area contributed by atoms with Crippen LogP contribution in [0.15, 0.2) is 12.1 Å². The Balaban J connectivity index is 2.25. The van der Waals surface area contributed by atoms with Crippen molar-refractivity contribution < 1.29 is 4.74 Å². The molecular formula is C18H28ClNO. The van der Waals surface area contributed by atoms with Crippen LogP contribution in [0.4, 0.5) is 0 Å². The van der Waals surface area contributed by atoms with E-state index in [2.05, 4.69) is 38.2 Å². The lowest BCUT2D eigenvalue weighted by molar-refractivity contribution is -0.0838. The van der Waals surface area contributed by atoms with Crippen LogP contribution in [-0.4, -0.2) is 19.3 Å². The maximum atomic E-state index is 6.53. The van der Waals surface area contributed by atoms with Crippen molar-refractivity contribution in [3.63, 3.8) is 0 Å². The summed E-state index contributed by atoms with van der Waals surface area (Å²) in [5.41, 5.74) is 3.82. The van der Waals surface area contributed by atoms with Crippen molar-refractivity contribution >= 4 is 11.6 Å². The molecule has 1 unspecified atom stereocenters. The summed E-state index contributed by atoms with van der Waals surface area (Å²) in [5.74, 6) is 0. The number of hydrogen-bond donors (Lipinski definition) is 1. The fraction of sp³-hybridized carbons (Fsp3) is 0.667. The lowest BCUT2D eigenvalue weighted by atomic mass is 9.74. The molecular weight excluding hydrogens is 282 g/mol. The van der Waals surface area contributed by atoms with Gasteiger partial charge < -0.3 is 10.1 Å². The minimum atomic E-state index is 0.0491. The topological polar surface area (TPSA) is 21.3 Å². The van der Waals surface area contributed by atoms with Crippen molar-refractivity contribution in [1.29, 1.82) is 0 Å². The van der Waals surface area contributed by atoms with Crippen LogP contribution in [0.5, 0.6) is 0 Å². The third-order valence-corrected chi connectivity index (χ3v) is 5.23. The Morgan fingerprint density at radius 3 is 2.48 bits per heavy atom. The zero-order chi connectivity index (χ0) is 15.5. The smallest absolute Gasteiger partial charge is 0.0697 e. The van der Waals surface area contributed by atoms with Gasteiger partial charge in [0.25, 0.3) is 0 Å². The van der Waals surface area contributed by atoms with E-state index in [1.807, 2.05) is 7.11 Å². The predicted octanol–water partition coefficient (Wildman–Crippen LogP) is 4.96. The Kier molecular flexibility index (Phi) is 5.70. The third kappa shape index (κ3) is 3.80. The van der Waals surface area contributed by atoms with Crippen LogP contribution in [0.1, 0.15) is 61.8 Å². The predicted molar refractivity (Wildman–Crippen MR) is 90.2 cm³/mol. The zero-order valence-electron chi connectivity index (χ0n) is 13.8. The molecule has 1 fully saturated rings.